The number of benzene rings is 1. The Morgan fingerprint density at radius 2 is 2.04 bits per heavy atom. The number of sulfonamides is 1. The molecule has 0 saturated carbocycles. The highest BCUT2D eigenvalue weighted by molar-refractivity contribution is 7.92. The molecule has 0 spiro atoms. The number of halogens is 3. The molecular formula is C18H16ClF2N3O3S. The number of H-pyrrole nitrogens is 1. The number of nitrogens with zero attached hydrogens (tertiary/aromatic N) is 1. The largest absolute Gasteiger partial charge is 0.345 e. The van der Waals surface area contributed by atoms with Crippen molar-refractivity contribution < 1.29 is 22.0 Å². The molecule has 6 nitrogen and oxygen atoms in total. The van der Waals surface area contributed by atoms with Crippen molar-refractivity contribution in [3.05, 3.63) is 57.9 Å². The molecule has 3 rings (SSSR count). The number of nitrogens with one attached hydrogen (secondary N) is 2. The van der Waals surface area contributed by atoms with E-state index in [-0.39, 0.29) is 21.7 Å². The van der Waals surface area contributed by atoms with Crippen LogP contribution in [0.25, 0.3) is 11.0 Å². The van der Waals surface area contributed by atoms with Gasteiger partial charge in [0.2, 0.25) is 15.8 Å². The quantitative estimate of drug-likeness (QED) is 0.577. The summed E-state index contributed by atoms with van der Waals surface area (Å²) >= 11 is 6.25. The number of fused-ring (bicyclic) bond motifs is 1. The predicted octanol–water partition coefficient (Wildman–Crippen LogP) is 4.19. The average molecular weight is 428 g/mol. The highest BCUT2D eigenvalue weighted by Crippen LogP contribution is 2.32. The SMILES string of the molecule is CCCS(=O)(=O)Nc1ccc(F)c(C(=O)c2c[nH]c3ncc(C)c(Cl)c23)c1F. The van der Waals surface area contributed by atoms with E-state index in [1.54, 1.807) is 13.8 Å². The first-order chi connectivity index (χ1) is 13.2. The number of anilines is 1. The summed E-state index contributed by atoms with van der Waals surface area (Å²) in [5.41, 5.74) is -0.569. The minimum atomic E-state index is -3.82. The van der Waals surface area contributed by atoms with Gasteiger partial charge in [0, 0.05) is 17.8 Å². The maximum absolute atomic E-state index is 14.9. The van der Waals surface area contributed by atoms with Crippen molar-refractivity contribution in [1.82, 2.24) is 9.97 Å². The van der Waals surface area contributed by atoms with Gasteiger partial charge in [0.25, 0.3) is 0 Å². The van der Waals surface area contributed by atoms with Gasteiger partial charge in [0.15, 0.2) is 5.82 Å². The summed E-state index contributed by atoms with van der Waals surface area (Å²) in [7, 11) is -3.82. The molecule has 2 aromatic heterocycles. The summed E-state index contributed by atoms with van der Waals surface area (Å²) in [5.74, 6) is -3.63. The van der Waals surface area contributed by atoms with E-state index in [0.29, 0.717) is 17.6 Å². The van der Waals surface area contributed by atoms with Gasteiger partial charge < -0.3 is 4.98 Å². The van der Waals surface area contributed by atoms with E-state index < -0.39 is 38.7 Å². The van der Waals surface area contributed by atoms with Crippen LogP contribution >= 0.6 is 11.6 Å². The van der Waals surface area contributed by atoms with Crippen LogP contribution in [0.15, 0.2) is 24.5 Å². The minimum absolute atomic E-state index is 0.0671. The Morgan fingerprint density at radius 3 is 2.71 bits per heavy atom. The van der Waals surface area contributed by atoms with Gasteiger partial charge in [-0.3, -0.25) is 9.52 Å². The van der Waals surface area contributed by atoms with Crippen LogP contribution < -0.4 is 4.72 Å². The second-order valence-electron chi connectivity index (χ2n) is 6.22. The van der Waals surface area contributed by atoms with Crippen LogP contribution in [0.5, 0.6) is 0 Å². The summed E-state index contributed by atoms with van der Waals surface area (Å²) < 4.78 is 55.1. The van der Waals surface area contributed by atoms with Crippen LogP contribution in [0.3, 0.4) is 0 Å². The number of aromatic amines is 1. The van der Waals surface area contributed by atoms with Gasteiger partial charge in [0.05, 0.1) is 27.6 Å². The Hall–Kier alpha value is -2.52. The smallest absolute Gasteiger partial charge is 0.232 e. The zero-order valence-electron chi connectivity index (χ0n) is 14.9. The molecule has 0 aliphatic rings. The van der Waals surface area contributed by atoms with E-state index in [2.05, 4.69) is 9.97 Å². The van der Waals surface area contributed by atoms with E-state index in [9.17, 15) is 22.0 Å². The molecule has 0 unspecified atom stereocenters. The number of aryl methyl sites for hydroxylation is 1. The van der Waals surface area contributed by atoms with E-state index >= 15 is 0 Å². The summed E-state index contributed by atoms with van der Waals surface area (Å²) in [6.07, 6.45) is 3.07. The molecule has 0 amide bonds. The molecule has 0 radical (unpaired) electrons. The molecule has 0 saturated heterocycles. The fraction of sp³-hybridized carbons (Fsp3) is 0.222. The van der Waals surface area contributed by atoms with E-state index in [4.69, 9.17) is 11.6 Å². The highest BCUT2D eigenvalue weighted by Gasteiger charge is 2.26. The molecule has 148 valence electrons. The number of carbonyl (C=O) groups is 1. The second kappa shape index (κ2) is 7.48. The lowest BCUT2D eigenvalue weighted by atomic mass is 10.0. The maximum Gasteiger partial charge on any atom is 0.232 e. The molecule has 1 aromatic carbocycles. The molecule has 3 aromatic rings. The van der Waals surface area contributed by atoms with E-state index in [0.717, 1.165) is 12.1 Å². The summed E-state index contributed by atoms with van der Waals surface area (Å²) in [4.78, 5) is 19.7. The highest BCUT2D eigenvalue weighted by atomic mass is 35.5. The summed E-state index contributed by atoms with van der Waals surface area (Å²) in [5, 5.41) is 0.470. The van der Waals surface area contributed by atoms with Crippen molar-refractivity contribution in [3.8, 4) is 0 Å². The molecular weight excluding hydrogens is 412 g/mol. The lowest BCUT2D eigenvalue weighted by Gasteiger charge is -2.11. The number of ketones is 1. The lowest BCUT2D eigenvalue weighted by Crippen LogP contribution is -2.18. The third kappa shape index (κ3) is 3.59. The zero-order valence-corrected chi connectivity index (χ0v) is 16.5. The Kier molecular flexibility index (Phi) is 5.40. The van der Waals surface area contributed by atoms with Gasteiger partial charge in [-0.1, -0.05) is 18.5 Å². The number of hydrogen-bond donors (Lipinski definition) is 2. The van der Waals surface area contributed by atoms with E-state index in [1.807, 2.05) is 4.72 Å². The van der Waals surface area contributed by atoms with E-state index in [1.165, 1.54) is 12.4 Å². The molecule has 0 fully saturated rings. The van der Waals surface area contributed by atoms with Gasteiger partial charge in [-0.15, -0.1) is 0 Å². The third-order valence-corrected chi connectivity index (χ3v) is 6.08. The average Bonchev–Trinajstić information content (AvgIpc) is 3.05. The molecule has 28 heavy (non-hydrogen) atoms. The fourth-order valence-corrected chi connectivity index (χ4v) is 4.16. The molecule has 0 bridgehead atoms. The minimum Gasteiger partial charge on any atom is -0.345 e. The van der Waals surface area contributed by atoms with Crippen LogP contribution in [0.2, 0.25) is 5.02 Å². The van der Waals surface area contributed by atoms with Crippen molar-refractivity contribution in [2.24, 2.45) is 0 Å². The topological polar surface area (TPSA) is 91.9 Å². The Bertz CT molecular complexity index is 1190. The van der Waals surface area contributed by atoms with Gasteiger partial charge in [0.1, 0.15) is 11.5 Å². The Morgan fingerprint density at radius 1 is 1.32 bits per heavy atom. The number of aromatic nitrogens is 2. The van der Waals surface area contributed by atoms with Crippen LogP contribution in [-0.4, -0.2) is 29.9 Å². The fourth-order valence-electron chi connectivity index (χ4n) is 2.79. The number of carbonyl (C=O) groups excluding carboxylic acids is 1. The molecule has 0 aliphatic carbocycles. The Labute approximate surface area is 165 Å². The normalized spacial score (nSPS) is 11.8. The number of hydrogen-bond acceptors (Lipinski definition) is 4. The van der Waals surface area contributed by atoms with Gasteiger partial charge in [-0.05, 0) is 31.0 Å². The van der Waals surface area contributed by atoms with Crippen LogP contribution in [0, 0.1) is 18.6 Å². The first-order valence-electron chi connectivity index (χ1n) is 8.31. The molecule has 0 atom stereocenters. The van der Waals surface area contributed by atoms with Gasteiger partial charge in [-0.2, -0.15) is 0 Å². The van der Waals surface area contributed by atoms with Crippen molar-refractivity contribution >= 4 is 44.1 Å². The van der Waals surface area contributed by atoms with Crippen molar-refractivity contribution in [1.29, 1.82) is 0 Å². The zero-order chi connectivity index (χ0) is 20.6. The van der Waals surface area contributed by atoms with Crippen molar-refractivity contribution in [2.75, 3.05) is 10.5 Å². The lowest BCUT2D eigenvalue weighted by molar-refractivity contribution is 0.103. The predicted molar refractivity (Wildman–Crippen MR) is 103 cm³/mol. The third-order valence-electron chi connectivity index (χ3n) is 4.11. The molecule has 0 aliphatic heterocycles. The molecule has 2 N–H and O–H groups in total. The second-order valence-corrected chi connectivity index (χ2v) is 8.43. The maximum atomic E-state index is 14.9. The number of rotatable bonds is 6. The van der Waals surface area contributed by atoms with Gasteiger partial charge in [-0.25, -0.2) is 22.2 Å². The first kappa shape index (κ1) is 20.2. The number of pyridine rings is 1. The van der Waals surface area contributed by atoms with Crippen molar-refractivity contribution in [3.63, 3.8) is 0 Å². The monoisotopic (exact) mass is 427 g/mol. The van der Waals surface area contributed by atoms with Crippen LogP contribution in [0.1, 0.15) is 34.8 Å². The molecule has 2 heterocycles. The summed E-state index contributed by atoms with van der Waals surface area (Å²) in [6, 6.07) is 1.77. The van der Waals surface area contributed by atoms with Crippen molar-refractivity contribution in [2.45, 2.75) is 20.3 Å². The standard InChI is InChI=1S/C18H16ClF2N3O3S/c1-3-6-28(26,27)24-12-5-4-11(20)14(16(12)21)17(25)10-8-23-18-13(10)15(19)9(2)7-22-18/h4-5,7-8,24H,3,6H2,1-2H3,(H,22,23). The molecule has 10 heteroatoms. The van der Waals surface area contributed by atoms with Crippen LogP contribution in [0.4, 0.5) is 14.5 Å². The van der Waals surface area contributed by atoms with Crippen LogP contribution in [-0.2, 0) is 10.0 Å². The summed E-state index contributed by atoms with van der Waals surface area (Å²) in [6.45, 7) is 3.33. The first-order valence-corrected chi connectivity index (χ1v) is 10.3. The Balaban J connectivity index is 2.13. The van der Waals surface area contributed by atoms with Gasteiger partial charge >= 0.3 is 0 Å².